The Morgan fingerprint density at radius 2 is 1.53 bits per heavy atom. The normalized spacial score (nSPS) is 25.4. The third kappa shape index (κ3) is 5.01. The van der Waals surface area contributed by atoms with Crippen LogP contribution < -0.4 is 0 Å². The predicted molar refractivity (Wildman–Crippen MR) is 136 cm³/mol. The molecule has 1 fully saturated rings. The van der Waals surface area contributed by atoms with Crippen LogP contribution >= 0.6 is 0 Å². The number of rotatable bonds is 5. The lowest BCUT2D eigenvalue weighted by Crippen LogP contribution is -2.38. The molecule has 3 atom stereocenters. The van der Waals surface area contributed by atoms with Gasteiger partial charge in [-0.2, -0.15) is 0 Å². The Morgan fingerprint density at radius 1 is 0.917 bits per heavy atom. The Morgan fingerprint density at radius 3 is 2.03 bits per heavy atom. The SMILES string of the molecule is CC1OC(=O)C(C2=CCCCC2)(c2ccccc2)O1.O=C(O)C(O)(C1=CCCCC1)c1ccccc1. The van der Waals surface area contributed by atoms with Crippen molar-refractivity contribution < 1.29 is 29.3 Å². The number of benzene rings is 2. The van der Waals surface area contributed by atoms with Crippen molar-refractivity contribution in [3.63, 3.8) is 0 Å². The summed E-state index contributed by atoms with van der Waals surface area (Å²) in [6.45, 7) is 1.77. The van der Waals surface area contributed by atoms with E-state index in [9.17, 15) is 19.8 Å². The van der Waals surface area contributed by atoms with Gasteiger partial charge in [-0.1, -0.05) is 72.8 Å². The van der Waals surface area contributed by atoms with Gasteiger partial charge in [0.1, 0.15) is 0 Å². The zero-order valence-electron chi connectivity index (χ0n) is 20.7. The number of hydrogen-bond donors (Lipinski definition) is 2. The van der Waals surface area contributed by atoms with Crippen molar-refractivity contribution in [1.82, 2.24) is 0 Å². The Balaban J connectivity index is 0.000000170. The summed E-state index contributed by atoms with van der Waals surface area (Å²) in [5.41, 5.74) is 0.0999. The highest BCUT2D eigenvalue weighted by Gasteiger charge is 2.53. The Hall–Kier alpha value is -3.22. The fraction of sp³-hybridized carbons (Fsp3) is 0.400. The van der Waals surface area contributed by atoms with E-state index in [1.807, 2.05) is 36.4 Å². The fourth-order valence-electron chi connectivity index (χ4n) is 5.26. The standard InChI is InChI=1S/C16H18O3.C14H16O3/c1-12-18-15(17)16(19-12,13-8-4-2-5-9-13)14-10-6-3-7-11-14;15-13(16)14(17,11-7-3-1-4-8-11)12-9-5-2-6-10-12/h2,4-5,8-10,12H,3,6-7,11H2,1H3;1,3-4,7-9,17H,2,5-6,10H2,(H,15,16). The maximum Gasteiger partial charge on any atom is 0.349 e. The van der Waals surface area contributed by atoms with Crippen LogP contribution in [0.5, 0.6) is 0 Å². The van der Waals surface area contributed by atoms with Crippen molar-refractivity contribution in [3.05, 3.63) is 95.1 Å². The van der Waals surface area contributed by atoms with Crippen molar-refractivity contribution >= 4 is 11.9 Å². The Kier molecular flexibility index (Phi) is 8.07. The summed E-state index contributed by atoms with van der Waals surface area (Å²) in [6, 6.07) is 18.3. The van der Waals surface area contributed by atoms with Gasteiger partial charge in [0.05, 0.1) is 0 Å². The summed E-state index contributed by atoms with van der Waals surface area (Å²) < 4.78 is 11.2. The number of carboxylic acids is 1. The number of hydrogen-bond acceptors (Lipinski definition) is 5. The molecule has 0 bridgehead atoms. The molecule has 190 valence electrons. The third-order valence-corrected chi connectivity index (χ3v) is 7.08. The van der Waals surface area contributed by atoms with E-state index in [-0.39, 0.29) is 5.97 Å². The van der Waals surface area contributed by atoms with Crippen LogP contribution in [0, 0.1) is 0 Å². The first-order valence-corrected chi connectivity index (χ1v) is 12.7. The molecule has 1 heterocycles. The molecule has 0 aromatic heterocycles. The summed E-state index contributed by atoms with van der Waals surface area (Å²) in [7, 11) is 0. The van der Waals surface area contributed by atoms with Gasteiger partial charge in [-0.3, -0.25) is 0 Å². The highest BCUT2D eigenvalue weighted by Crippen LogP contribution is 2.44. The van der Waals surface area contributed by atoms with Gasteiger partial charge in [0, 0.05) is 0 Å². The minimum atomic E-state index is -1.86. The molecule has 2 aromatic carbocycles. The minimum absolute atomic E-state index is 0.278. The second-order valence-electron chi connectivity index (χ2n) is 9.47. The maximum atomic E-state index is 12.4. The van der Waals surface area contributed by atoms with Crippen molar-refractivity contribution in [2.75, 3.05) is 0 Å². The van der Waals surface area contributed by atoms with Gasteiger partial charge < -0.3 is 19.7 Å². The Labute approximate surface area is 212 Å². The van der Waals surface area contributed by atoms with Crippen LogP contribution in [0.3, 0.4) is 0 Å². The van der Waals surface area contributed by atoms with Gasteiger partial charge in [0.15, 0.2) is 0 Å². The van der Waals surface area contributed by atoms with E-state index in [2.05, 4.69) is 6.08 Å². The van der Waals surface area contributed by atoms with E-state index >= 15 is 0 Å². The number of carbonyl (C=O) groups excluding carboxylic acids is 1. The monoisotopic (exact) mass is 490 g/mol. The molecule has 3 aliphatic rings. The molecule has 0 radical (unpaired) electrons. The van der Waals surface area contributed by atoms with Gasteiger partial charge in [-0.15, -0.1) is 0 Å². The second kappa shape index (κ2) is 11.2. The molecule has 0 spiro atoms. The first-order chi connectivity index (χ1) is 17.4. The summed E-state index contributed by atoms with van der Waals surface area (Å²) in [5, 5.41) is 19.9. The number of allylic oxidation sites excluding steroid dienone is 2. The summed E-state index contributed by atoms with van der Waals surface area (Å²) in [6.07, 6.45) is 11.2. The molecule has 5 rings (SSSR count). The summed E-state index contributed by atoms with van der Waals surface area (Å²) >= 11 is 0. The smallest absolute Gasteiger partial charge is 0.349 e. The molecular formula is C30H34O6. The number of carbonyl (C=O) groups is 2. The number of carboxylic acid groups (broad SMARTS) is 1. The Bertz CT molecular complexity index is 1120. The van der Waals surface area contributed by atoms with Crippen LogP contribution in [-0.4, -0.2) is 28.4 Å². The minimum Gasteiger partial charge on any atom is -0.479 e. The lowest BCUT2D eigenvalue weighted by atomic mass is 9.80. The van der Waals surface area contributed by atoms with Crippen LogP contribution in [0.4, 0.5) is 0 Å². The topological polar surface area (TPSA) is 93.1 Å². The zero-order valence-corrected chi connectivity index (χ0v) is 20.7. The molecule has 2 N–H and O–H groups in total. The first kappa shape index (κ1) is 25.9. The molecule has 1 saturated heterocycles. The molecule has 2 aliphatic carbocycles. The van der Waals surface area contributed by atoms with Crippen LogP contribution in [0.15, 0.2) is 84.0 Å². The molecule has 6 heteroatoms. The van der Waals surface area contributed by atoms with Crippen LogP contribution in [0.1, 0.15) is 69.4 Å². The lowest BCUT2D eigenvalue weighted by Gasteiger charge is -2.29. The van der Waals surface area contributed by atoms with E-state index in [1.165, 1.54) is 6.42 Å². The predicted octanol–water partition coefficient (Wildman–Crippen LogP) is 5.76. The van der Waals surface area contributed by atoms with Crippen molar-refractivity contribution in [3.8, 4) is 0 Å². The highest BCUT2D eigenvalue weighted by atomic mass is 16.8. The fourth-order valence-corrected chi connectivity index (χ4v) is 5.26. The number of ether oxygens (including phenoxy) is 2. The average molecular weight is 491 g/mol. The number of cyclic esters (lactones) is 1. The van der Waals surface area contributed by atoms with E-state index < -0.39 is 23.5 Å². The molecule has 0 saturated carbocycles. The molecule has 0 amide bonds. The molecule has 6 nitrogen and oxygen atoms in total. The van der Waals surface area contributed by atoms with Gasteiger partial charge >= 0.3 is 11.9 Å². The van der Waals surface area contributed by atoms with Gasteiger partial charge in [-0.05, 0) is 80.6 Å². The summed E-state index contributed by atoms with van der Waals surface area (Å²) in [4.78, 5) is 23.8. The highest BCUT2D eigenvalue weighted by molar-refractivity contribution is 5.87. The molecule has 3 unspecified atom stereocenters. The summed E-state index contributed by atoms with van der Waals surface area (Å²) in [5.74, 6) is -1.48. The largest absolute Gasteiger partial charge is 0.479 e. The van der Waals surface area contributed by atoms with E-state index in [4.69, 9.17) is 9.47 Å². The van der Waals surface area contributed by atoms with Crippen LogP contribution in [-0.2, 0) is 30.3 Å². The van der Waals surface area contributed by atoms with Crippen molar-refractivity contribution in [2.45, 2.75) is 75.8 Å². The maximum absolute atomic E-state index is 12.4. The second-order valence-corrected chi connectivity index (χ2v) is 9.47. The molecule has 2 aromatic rings. The number of esters is 1. The van der Waals surface area contributed by atoms with Crippen LogP contribution in [0.2, 0.25) is 0 Å². The zero-order chi connectivity index (χ0) is 25.6. The van der Waals surface area contributed by atoms with Gasteiger partial charge in [0.25, 0.3) is 0 Å². The van der Waals surface area contributed by atoms with Crippen molar-refractivity contribution in [1.29, 1.82) is 0 Å². The number of aliphatic carboxylic acids is 1. The molecule has 1 aliphatic heterocycles. The molecular weight excluding hydrogens is 456 g/mol. The average Bonchev–Trinajstić information content (AvgIpc) is 3.24. The third-order valence-electron chi connectivity index (χ3n) is 7.08. The van der Waals surface area contributed by atoms with E-state index in [1.54, 1.807) is 37.3 Å². The van der Waals surface area contributed by atoms with Gasteiger partial charge in [0.2, 0.25) is 17.5 Å². The van der Waals surface area contributed by atoms with E-state index in [0.29, 0.717) is 17.6 Å². The molecule has 36 heavy (non-hydrogen) atoms. The quantitative estimate of drug-likeness (QED) is 0.409. The van der Waals surface area contributed by atoms with Crippen LogP contribution in [0.25, 0.3) is 0 Å². The first-order valence-electron chi connectivity index (χ1n) is 12.7. The van der Waals surface area contributed by atoms with E-state index in [0.717, 1.165) is 49.7 Å². The number of aliphatic hydroxyl groups is 1. The van der Waals surface area contributed by atoms with Gasteiger partial charge in [-0.25, -0.2) is 9.59 Å². The lowest BCUT2D eigenvalue weighted by molar-refractivity contribution is -0.155. The van der Waals surface area contributed by atoms with Crippen molar-refractivity contribution in [2.24, 2.45) is 0 Å².